The minimum Gasteiger partial charge on any atom is -0.352 e. The van der Waals surface area contributed by atoms with Crippen LogP contribution in [-0.4, -0.2) is 43.8 Å². The Morgan fingerprint density at radius 1 is 0.809 bits per heavy atom. The summed E-state index contributed by atoms with van der Waals surface area (Å²) in [5.74, 6) is -0.792. The molecule has 0 spiro atoms. The molecular formula is C37H39Cl2N3O4S. The Balaban J connectivity index is 1.58. The van der Waals surface area contributed by atoms with Gasteiger partial charge in [0, 0.05) is 19.0 Å². The van der Waals surface area contributed by atoms with E-state index >= 15 is 0 Å². The van der Waals surface area contributed by atoms with Gasteiger partial charge in [-0.3, -0.25) is 13.9 Å². The third-order valence-corrected chi connectivity index (χ3v) is 11.0. The van der Waals surface area contributed by atoms with Crippen molar-refractivity contribution in [2.45, 2.75) is 69.5 Å². The molecule has 1 unspecified atom stereocenters. The van der Waals surface area contributed by atoms with Crippen LogP contribution in [0.1, 0.15) is 47.9 Å². The van der Waals surface area contributed by atoms with Crippen LogP contribution in [0.25, 0.3) is 0 Å². The van der Waals surface area contributed by atoms with Crippen LogP contribution in [0.15, 0.2) is 102 Å². The van der Waals surface area contributed by atoms with Gasteiger partial charge in [0.05, 0.1) is 20.6 Å². The second-order valence-corrected chi connectivity index (χ2v) is 14.8. The Morgan fingerprint density at radius 3 is 2.15 bits per heavy atom. The monoisotopic (exact) mass is 691 g/mol. The van der Waals surface area contributed by atoms with Crippen LogP contribution in [-0.2, 0) is 32.6 Å². The van der Waals surface area contributed by atoms with Crippen molar-refractivity contribution in [3.8, 4) is 0 Å². The number of aryl methyl sites for hydroxylation is 2. The summed E-state index contributed by atoms with van der Waals surface area (Å²) in [6.07, 6.45) is 4.10. The first-order chi connectivity index (χ1) is 22.5. The number of hydrogen-bond acceptors (Lipinski definition) is 4. The molecule has 4 aromatic carbocycles. The fourth-order valence-corrected chi connectivity index (χ4v) is 7.63. The van der Waals surface area contributed by atoms with Gasteiger partial charge in [-0.25, -0.2) is 8.42 Å². The summed E-state index contributed by atoms with van der Waals surface area (Å²) < 4.78 is 29.5. The number of carbonyl (C=O) groups excluding carboxylic acids is 2. The molecule has 1 aliphatic carbocycles. The molecule has 7 nitrogen and oxygen atoms in total. The first-order valence-corrected chi connectivity index (χ1v) is 17.9. The molecule has 1 saturated carbocycles. The highest BCUT2D eigenvalue weighted by atomic mass is 35.5. The van der Waals surface area contributed by atoms with Gasteiger partial charge in [-0.15, -0.1) is 0 Å². The predicted molar refractivity (Wildman–Crippen MR) is 188 cm³/mol. The molecule has 0 radical (unpaired) electrons. The van der Waals surface area contributed by atoms with E-state index in [1.54, 1.807) is 12.1 Å². The third kappa shape index (κ3) is 8.74. The summed E-state index contributed by atoms with van der Waals surface area (Å²) >= 11 is 12.6. The molecule has 47 heavy (non-hydrogen) atoms. The largest absolute Gasteiger partial charge is 0.352 e. The Kier molecular flexibility index (Phi) is 11.3. The molecule has 1 atom stereocenters. The number of amides is 2. The second-order valence-electron chi connectivity index (χ2n) is 12.1. The Labute approximate surface area is 287 Å². The molecule has 0 bridgehead atoms. The molecule has 1 N–H and O–H groups in total. The third-order valence-electron chi connectivity index (χ3n) is 8.49. The Hall–Kier alpha value is -3.85. The molecule has 2 amide bonds. The van der Waals surface area contributed by atoms with Crippen LogP contribution in [0.2, 0.25) is 10.0 Å². The van der Waals surface area contributed by atoms with Crippen molar-refractivity contribution in [2.24, 2.45) is 0 Å². The van der Waals surface area contributed by atoms with E-state index < -0.39 is 28.5 Å². The highest BCUT2D eigenvalue weighted by Crippen LogP contribution is 2.31. The van der Waals surface area contributed by atoms with Crippen LogP contribution in [0.5, 0.6) is 0 Å². The predicted octanol–water partition coefficient (Wildman–Crippen LogP) is 7.50. The summed E-state index contributed by atoms with van der Waals surface area (Å²) in [6, 6.07) is 27.3. The zero-order valence-corrected chi connectivity index (χ0v) is 28.9. The molecule has 4 aromatic rings. The number of benzene rings is 4. The topological polar surface area (TPSA) is 86.8 Å². The number of sulfonamides is 1. The Morgan fingerprint density at radius 2 is 1.49 bits per heavy atom. The summed E-state index contributed by atoms with van der Waals surface area (Å²) in [6.45, 7) is 3.37. The van der Waals surface area contributed by atoms with Crippen molar-refractivity contribution in [1.82, 2.24) is 10.2 Å². The molecule has 0 saturated heterocycles. The minimum absolute atomic E-state index is 0.0204. The van der Waals surface area contributed by atoms with E-state index in [4.69, 9.17) is 23.2 Å². The van der Waals surface area contributed by atoms with E-state index in [9.17, 15) is 18.0 Å². The maximum Gasteiger partial charge on any atom is 0.264 e. The van der Waals surface area contributed by atoms with E-state index in [1.807, 2.05) is 68.4 Å². The highest BCUT2D eigenvalue weighted by Gasteiger charge is 2.35. The number of carbonyl (C=O) groups is 2. The van der Waals surface area contributed by atoms with Gasteiger partial charge in [-0.1, -0.05) is 114 Å². The average Bonchev–Trinajstić information content (AvgIpc) is 3.56. The molecule has 5 rings (SSSR count). The molecule has 1 aliphatic rings. The smallest absolute Gasteiger partial charge is 0.264 e. The van der Waals surface area contributed by atoms with E-state index in [0.29, 0.717) is 0 Å². The number of nitrogens with one attached hydrogen (secondary N) is 1. The first-order valence-electron chi connectivity index (χ1n) is 15.7. The fraction of sp³-hybridized carbons (Fsp3) is 0.297. The first kappa shape index (κ1) is 34.5. The van der Waals surface area contributed by atoms with Gasteiger partial charge in [0.2, 0.25) is 11.8 Å². The molecule has 0 aromatic heterocycles. The van der Waals surface area contributed by atoms with E-state index in [0.717, 1.165) is 52.2 Å². The zero-order chi connectivity index (χ0) is 33.6. The quantitative estimate of drug-likeness (QED) is 0.167. The van der Waals surface area contributed by atoms with Crippen molar-refractivity contribution in [3.05, 3.63) is 129 Å². The Bertz CT molecular complexity index is 1810. The highest BCUT2D eigenvalue weighted by molar-refractivity contribution is 7.92. The van der Waals surface area contributed by atoms with E-state index in [1.165, 1.54) is 35.2 Å². The van der Waals surface area contributed by atoms with Gasteiger partial charge in [-0.05, 0) is 68.1 Å². The van der Waals surface area contributed by atoms with Gasteiger partial charge in [-0.2, -0.15) is 0 Å². The SMILES string of the molecule is Cc1ccc(S(=O)(=O)N(CC(=O)N(Cc2cccc(C)c2)C(Cc2ccccc2)C(=O)NC2CCCC2)c2ccc(Cl)c(Cl)c2)cc1. The van der Waals surface area contributed by atoms with Gasteiger partial charge in [0.1, 0.15) is 12.6 Å². The summed E-state index contributed by atoms with van der Waals surface area (Å²) in [7, 11) is -4.25. The number of anilines is 1. The molecule has 0 aliphatic heterocycles. The lowest BCUT2D eigenvalue weighted by Gasteiger charge is -2.34. The maximum absolute atomic E-state index is 14.7. The van der Waals surface area contributed by atoms with Crippen molar-refractivity contribution in [2.75, 3.05) is 10.8 Å². The molecule has 10 heteroatoms. The van der Waals surface area contributed by atoms with Crippen molar-refractivity contribution < 1.29 is 18.0 Å². The van der Waals surface area contributed by atoms with Gasteiger partial charge in [0.25, 0.3) is 10.0 Å². The summed E-state index contributed by atoms with van der Waals surface area (Å²) in [5.41, 5.74) is 3.79. The van der Waals surface area contributed by atoms with Gasteiger partial charge in [0.15, 0.2) is 0 Å². The zero-order valence-electron chi connectivity index (χ0n) is 26.5. The van der Waals surface area contributed by atoms with E-state index in [-0.39, 0.29) is 45.5 Å². The summed E-state index contributed by atoms with van der Waals surface area (Å²) in [4.78, 5) is 30.3. The van der Waals surface area contributed by atoms with Crippen molar-refractivity contribution in [1.29, 1.82) is 0 Å². The van der Waals surface area contributed by atoms with Crippen molar-refractivity contribution >= 4 is 50.7 Å². The summed E-state index contributed by atoms with van der Waals surface area (Å²) in [5, 5.41) is 3.60. The molecular weight excluding hydrogens is 653 g/mol. The van der Waals surface area contributed by atoms with E-state index in [2.05, 4.69) is 5.32 Å². The molecule has 0 heterocycles. The van der Waals surface area contributed by atoms with Crippen LogP contribution in [0.3, 0.4) is 0 Å². The van der Waals surface area contributed by atoms with Crippen LogP contribution < -0.4 is 9.62 Å². The normalized spacial score (nSPS) is 14.0. The molecule has 1 fully saturated rings. The average molecular weight is 693 g/mol. The maximum atomic E-state index is 14.7. The van der Waals surface area contributed by atoms with Crippen molar-refractivity contribution in [3.63, 3.8) is 0 Å². The number of hydrogen-bond donors (Lipinski definition) is 1. The van der Waals surface area contributed by atoms with Crippen LogP contribution in [0, 0.1) is 13.8 Å². The van der Waals surface area contributed by atoms with Gasteiger partial charge < -0.3 is 10.2 Å². The minimum atomic E-state index is -4.25. The lowest BCUT2D eigenvalue weighted by molar-refractivity contribution is -0.140. The number of rotatable bonds is 12. The lowest BCUT2D eigenvalue weighted by atomic mass is 10.0. The lowest BCUT2D eigenvalue weighted by Crippen LogP contribution is -2.54. The standard InChI is InChI=1S/C37H39Cl2N3O4S/c1-26-15-18-32(19-16-26)47(45,46)42(31-17-20-33(38)34(39)23-31)25-36(43)41(24-29-12-8-9-27(2)21-29)35(22-28-10-4-3-5-11-28)37(44)40-30-13-6-7-14-30/h3-5,8-12,15-21,23,30,35H,6-7,13-14,22,24-25H2,1-2H3,(H,40,44). The number of nitrogens with zero attached hydrogens (tertiary/aromatic N) is 2. The number of halogens is 2. The molecule has 246 valence electrons. The van der Waals surface area contributed by atoms with Gasteiger partial charge >= 0.3 is 0 Å². The van der Waals surface area contributed by atoms with Crippen LogP contribution >= 0.6 is 23.2 Å². The second kappa shape index (κ2) is 15.4. The van der Waals surface area contributed by atoms with Crippen LogP contribution in [0.4, 0.5) is 5.69 Å². The fourth-order valence-electron chi connectivity index (χ4n) is 5.94.